The lowest BCUT2D eigenvalue weighted by molar-refractivity contribution is -0.192. The Labute approximate surface area is 127 Å². The molecule has 0 radical (unpaired) electrons. The van der Waals surface area contributed by atoms with Gasteiger partial charge in [-0.15, -0.1) is 0 Å². The normalized spacial score (nSPS) is 11.8. The van der Waals surface area contributed by atoms with Gasteiger partial charge in [0.1, 0.15) is 6.04 Å². The predicted molar refractivity (Wildman–Crippen MR) is 69.2 cm³/mol. The number of carboxylic acid groups (broad SMARTS) is 2. The molecule has 9 nitrogen and oxygen atoms in total. The van der Waals surface area contributed by atoms with E-state index < -0.39 is 24.2 Å². The lowest BCUT2D eigenvalue weighted by Crippen LogP contribution is -2.42. The average Bonchev–Trinajstić information content (AvgIpc) is 2.90. The number of aliphatic carboxylic acids is 2. The topological polar surface area (TPSA) is 158 Å². The molecular weight excluding hydrogens is 325 g/mol. The van der Waals surface area contributed by atoms with Gasteiger partial charge in [0.05, 0.1) is 6.33 Å². The summed E-state index contributed by atoms with van der Waals surface area (Å²) in [4.78, 5) is 37.5. The van der Waals surface area contributed by atoms with E-state index in [9.17, 15) is 22.8 Å². The van der Waals surface area contributed by atoms with E-state index in [1.165, 1.54) is 12.5 Å². The van der Waals surface area contributed by atoms with Gasteiger partial charge >= 0.3 is 18.1 Å². The fourth-order valence-corrected chi connectivity index (χ4v) is 1.21. The van der Waals surface area contributed by atoms with Gasteiger partial charge in [-0.25, -0.2) is 14.6 Å². The number of hydrogen-bond acceptors (Lipinski definition) is 5. The number of nitrogens with zero attached hydrogens (tertiary/aromatic N) is 1. The zero-order valence-corrected chi connectivity index (χ0v) is 11.6. The largest absolute Gasteiger partial charge is 0.490 e. The molecule has 1 atom stereocenters. The summed E-state index contributed by atoms with van der Waals surface area (Å²) in [6, 6.07) is -0.959. The van der Waals surface area contributed by atoms with Gasteiger partial charge in [-0.3, -0.25) is 4.79 Å². The number of carbonyl (C=O) groups is 3. The number of amides is 1. The molecule has 1 aromatic heterocycles. The van der Waals surface area contributed by atoms with Crippen LogP contribution in [-0.2, 0) is 20.8 Å². The molecule has 0 fully saturated rings. The highest BCUT2D eigenvalue weighted by Crippen LogP contribution is 2.13. The standard InChI is InChI=1S/C9H14N4O3.C2HF3O2/c10-2-1-8(14)13-7(9(15)16)3-6-4-11-5-12-6;3-2(4,5)1(6)7/h4-5,7H,1-3,10H2,(H,11,12)(H,13,14)(H,15,16);(H,6,7)/t7-;/m1./s1. The summed E-state index contributed by atoms with van der Waals surface area (Å²) in [6.45, 7) is 0.197. The van der Waals surface area contributed by atoms with E-state index in [0.717, 1.165) is 0 Å². The van der Waals surface area contributed by atoms with Gasteiger partial charge in [0, 0.05) is 31.3 Å². The number of halogens is 3. The molecule has 0 aliphatic carbocycles. The Hall–Kier alpha value is -2.63. The van der Waals surface area contributed by atoms with Crippen molar-refractivity contribution in [2.24, 2.45) is 5.73 Å². The highest BCUT2D eigenvalue weighted by Gasteiger charge is 2.38. The second kappa shape index (κ2) is 9.40. The molecule has 0 aliphatic heterocycles. The van der Waals surface area contributed by atoms with E-state index in [4.69, 9.17) is 20.7 Å². The molecule has 0 saturated heterocycles. The molecule has 0 aliphatic rings. The van der Waals surface area contributed by atoms with Crippen LogP contribution in [0.2, 0.25) is 0 Å². The monoisotopic (exact) mass is 340 g/mol. The third kappa shape index (κ3) is 9.08. The van der Waals surface area contributed by atoms with Crippen molar-refractivity contribution in [3.63, 3.8) is 0 Å². The first-order valence-electron chi connectivity index (χ1n) is 6.07. The highest BCUT2D eigenvalue weighted by molar-refractivity contribution is 5.83. The molecule has 1 rings (SSSR count). The van der Waals surface area contributed by atoms with Gasteiger partial charge < -0.3 is 26.2 Å². The summed E-state index contributed by atoms with van der Waals surface area (Å²) in [5.74, 6) is -4.21. The predicted octanol–water partition coefficient (Wildman–Crippen LogP) is -0.496. The van der Waals surface area contributed by atoms with Gasteiger partial charge in [0.15, 0.2) is 0 Å². The van der Waals surface area contributed by atoms with E-state index in [2.05, 4.69) is 15.3 Å². The van der Waals surface area contributed by atoms with Crippen LogP contribution in [0.15, 0.2) is 12.5 Å². The summed E-state index contributed by atoms with van der Waals surface area (Å²) in [5, 5.41) is 18.4. The van der Waals surface area contributed by atoms with Gasteiger partial charge in [-0.1, -0.05) is 0 Å². The molecule has 1 aromatic rings. The number of aromatic amines is 1. The van der Waals surface area contributed by atoms with Crippen LogP contribution in [0.3, 0.4) is 0 Å². The smallest absolute Gasteiger partial charge is 0.480 e. The van der Waals surface area contributed by atoms with Crippen LogP contribution in [0.1, 0.15) is 12.1 Å². The first-order chi connectivity index (χ1) is 10.6. The maximum absolute atomic E-state index is 11.2. The maximum atomic E-state index is 11.2. The van der Waals surface area contributed by atoms with Crippen molar-refractivity contribution in [3.8, 4) is 0 Å². The molecule has 130 valence electrons. The van der Waals surface area contributed by atoms with Gasteiger partial charge in [-0.2, -0.15) is 13.2 Å². The minimum Gasteiger partial charge on any atom is -0.480 e. The molecular formula is C11H15F3N4O5. The number of nitrogens with two attached hydrogens (primary N) is 1. The molecule has 1 amide bonds. The average molecular weight is 340 g/mol. The second-order valence-corrected chi connectivity index (χ2v) is 4.08. The molecule has 0 spiro atoms. The van der Waals surface area contributed by atoms with Crippen molar-refractivity contribution in [3.05, 3.63) is 18.2 Å². The van der Waals surface area contributed by atoms with Crippen LogP contribution in [0.5, 0.6) is 0 Å². The number of carboxylic acids is 2. The molecule has 0 aromatic carbocycles. The Morgan fingerprint density at radius 1 is 1.35 bits per heavy atom. The first kappa shape index (κ1) is 20.4. The van der Waals surface area contributed by atoms with Crippen LogP contribution in [-0.4, -0.2) is 56.8 Å². The van der Waals surface area contributed by atoms with Crippen LogP contribution >= 0.6 is 0 Å². The maximum Gasteiger partial charge on any atom is 0.490 e. The summed E-state index contributed by atoms with van der Waals surface area (Å²) in [6.07, 6.45) is -1.82. The number of imidazole rings is 1. The van der Waals surface area contributed by atoms with E-state index in [1.54, 1.807) is 0 Å². The summed E-state index contributed by atoms with van der Waals surface area (Å²) < 4.78 is 31.7. The van der Waals surface area contributed by atoms with Crippen molar-refractivity contribution in [1.29, 1.82) is 0 Å². The van der Waals surface area contributed by atoms with Gasteiger partial charge in [-0.05, 0) is 0 Å². The van der Waals surface area contributed by atoms with Crippen LogP contribution in [0, 0.1) is 0 Å². The Morgan fingerprint density at radius 2 is 1.91 bits per heavy atom. The fourth-order valence-electron chi connectivity index (χ4n) is 1.21. The lowest BCUT2D eigenvalue weighted by atomic mass is 10.1. The zero-order valence-electron chi connectivity index (χ0n) is 11.6. The molecule has 1 heterocycles. The minimum absolute atomic E-state index is 0.118. The van der Waals surface area contributed by atoms with Crippen molar-refractivity contribution in [1.82, 2.24) is 15.3 Å². The molecule has 0 bridgehead atoms. The van der Waals surface area contributed by atoms with Crippen LogP contribution in [0.4, 0.5) is 13.2 Å². The van der Waals surface area contributed by atoms with Crippen LogP contribution in [0.25, 0.3) is 0 Å². The molecule has 12 heteroatoms. The number of nitrogens with one attached hydrogen (secondary N) is 2. The second-order valence-electron chi connectivity index (χ2n) is 4.08. The molecule has 6 N–H and O–H groups in total. The number of hydrogen-bond donors (Lipinski definition) is 5. The number of H-pyrrole nitrogens is 1. The van der Waals surface area contributed by atoms with E-state index >= 15 is 0 Å². The number of aromatic nitrogens is 2. The Balaban J connectivity index is 0.000000585. The third-order valence-electron chi connectivity index (χ3n) is 2.23. The van der Waals surface area contributed by atoms with E-state index in [-0.39, 0.29) is 25.3 Å². The van der Waals surface area contributed by atoms with Crippen molar-refractivity contribution < 1.29 is 37.8 Å². The minimum atomic E-state index is -5.08. The quantitative estimate of drug-likeness (QED) is 0.467. The molecule has 0 saturated carbocycles. The summed E-state index contributed by atoms with van der Waals surface area (Å²) >= 11 is 0. The fraction of sp³-hybridized carbons (Fsp3) is 0.455. The third-order valence-corrected chi connectivity index (χ3v) is 2.23. The summed E-state index contributed by atoms with van der Waals surface area (Å²) in [5.41, 5.74) is 5.85. The zero-order chi connectivity index (χ0) is 18.0. The van der Waals surface area contributed by atoms with Crippen LogP contribution < -0.4 is 11.1 Å². The number of alkyl halides is 3. The van der Waals surface area contributed by atoms with Gasteiger partial charge in [0.25, 0.3) is 0 Å². The molecule has 0 unspecified atom stereocenters. The molecule has 23 heavy (non-hydrogen) atoms. The number of carbonyl (C=O) groups excluding carboxylic acids is 1. The van der Waals surface area contributed by atoms with Crippen molar-refractivity contribution in [2.45, 2.75) is 25.1 Å². The first-order valence-corrected chi connectivity index (χ1v) is 6.07. The van der Waals surface area contributed by atoms with Crippen molar-refractivity contribution in [2.75, 3.05) is 6.54 Å². The SMILES string of the molecule is NCCC(=O)N[C@H](Cc1cnc[nH]1)C(=O)O.O=C(O)C(F)(F)F. The Bertz CT molecular complexity index is 518. The Kier molecular flexibility index (Phi) is 8.33. The number of rotatable bonds is 6. The lowest BCUT2D eigenvalue weighted by Gasteiger charge is -2.13. The van der Waals surface area contributed by atoms with E-state index in [1.807, 2.05) is 0 Å². The highest BCUT2D eigenvalue weighted by atomic mass is 19.4. The van der Waals surface area contributed by atoms with E-state index in [0.29, 0.717) is 5.69 Å². The Morgan fingerprint density at radius 3 is 2.26 bits per heavy atom. The summed E-state index contributed by atoms with van der Waals surface area (Å²) in [7, 11) is 0. The van der Waals surface area contributed by atoms with Crippen molar-refractivity contribution >= 4 is 17.8 Å². The van der Waals surface area contributed by atoms with Gasteiger partial charge in [0.2, 0.25) is 5.91 Å².